The van der Waals surface area contributed by atoms with Crippen molar-refractivity contribution in [2.45, 2.75) is 13.5 Å². The molecule has 158 valence electrons. The molecule has 0 fully saturated rings. The predicted octanol–water partition coefficient (Wildman–Crippen LogP) is 5.29. The SMILES string of the molecule is CCn1cc(Br)c(-c2ccnc3cc(C(=O)Nc4ccc(-c5ccccc5)cc4)nn23)n1. The van der Waals surface area contributed by atoms with Gasteiger partial charge in [-0.25, -0.2) is 9.50 Å². The van der Waals surface area contributed by atoms with Crippen LogP contribution in [0.1, 0.15) is 17.4 Å². The van der Waals surface area contributed by atoms with Gasteiger partial charge in [-0.15, -0.1) is 0 Å². The largest absolute Gasteiger partial charge is 0.321 e. The molecule has 8 heteroatoms. The predicted molar refractivity (Wildman–Crippen MR) is 127 cm³/mol. The molecule has 0 aliphatic carbocycles. The standard InChI is InChI=1S/C24H19BrN6O/c1-2-30-15-19(25)23(29-30)21-12-13-26-22-14-20(28-31(21)22)24(32)27-18-10-8-17(9-11-18)16-6-4-3-5-7-16/h3-15H,2H2,1H3,(H,27,32). The average molecular weight is 487 g/mol. The summed E-state index contributed by atoms with van der Waals surface area (Å²) in [5, 5.41) is 12.0. The summed E-state index contributed by atoms with van der Waals surface area (Å²) in [7, 11) is 0. The minimum Gasteiger partial charge on any atom is -0.321 e. The monoisotopic (exact) mass is 486 g/mol. The van der Waals surface area contributed by atoms with E-state index in [1.807, 2.05) is 66.3 Å². The molecule has 0 radical (unpaired) electrons. The van der Waals surface area contributed by atoms with Crippen molar-refractivity contribution in [2.75, 3.05) is 5.32 Å². The van der Waals surface area contributed by atoms with Crippen LogP contribution in [0.2, 0.25) is 0 Å². The maximum atomic E-state index is 12.9. The number of hydrogen-bond donors (Lipinski definition) is 1. The molecule has 0 spiro atoms. The first-order valence-electron chi connectivity index (χ1n) is 10.2. The molecule has 0 aliphatic heterocycles. The Hall–Kier alpha value is -3.78. The lowest BCUT2D eigenvalue weighted by Crippen LogP contribution is -2.12. The van der Waals surface area contributed by atoms with Gasteiger partial charge in [0.1, 0.15) is 5.69 Å². The van der Waals surface area contributed by atoms with Gasteiger partial charge in [0.25, 0.3) is 5.91 Å². The summed E-state index contributed by atoms with van der Waals surface area (Å²) >= 11 is 3.56. The van der Waals surface area contributed by atoms with E-state index in [2.05, 4.69) is 48.6 Å². The van der Waals surface area contributed by atoms with Crippen molar-refractivity contribution >= 4 is 33.2 Å². The second-order valence-corrected chi connectivity index (χ2v) is 8.06. The number of nitrogens with one attached hydrogen (secondary N) is 1. The van der Waals surface area contributed by atoms with Crippen molar-refractivity contribution in [1.82, 2.24) is 24.4 Å². The van der Waals surface area contributed by atoms with Crippen LogP contribution in [-0.4, -0.2) is 30.3 Å². The first-order valence-corrected chi connectivity index (χ1v) is 11.0. The van der Waals surface area contributed by atoms with Crippen LogP contribution in [0.4, 0.5) is 5.69 Å². The van der Waals surface area contributed by atoms with Gasteiger partial charge in [-0.2, -0.15) is 10.2 Å². The summed E-state index contributed by atoms with van der Waals surface area (Å²) in [5.41, 5.74) is 5.26. The molecule has 1 amide bonds. The van der Waals surface area contributed by atoms with Crippen LogP contribution in [0.25, 0.3) is 28.2 Å². The topological polar surface area (TPSA) is 77.1 Å². The van der Waals surface area contributed by atoms with Crippen LogP contribution in [0, 0.1) is 0 Å². The Morgan fingerprint density at radius 2 is 1.75 bits per heavy atom. The number of anilines is 1. The van der Waals surface area contributed by atoms with Crippen LogP contribution in [0.15, 0.2) is 83.6 Å². The second kappa shape index (κ2) is 8.39. The summed E-state index contributed by atoms with van der Waals surface area (Å²) in [4.78, 5) is 17.2. The maximum absolute atomic E-state index is 12.9. The van der Waals surface area contributed by atoms with E-state index in [0.717, 1.165) is 33.5 Å². The number of amides is 1. The highest BCUT2D eigenvalue weighted by molar-refractivity contribution is 9.10. The highest BCUT2D eigenvalue weighted by Crippen LogP contribution is 2.27. The molecule has 1 N–H and O–H groups in total. The quantitative estimate of drug-likeness (QED) is 0.365. The van der Waals surface area contributed by atoms with Gasteiger partial charge in [0.05, 0.1) is 10.2 Å². The molecule has 3 aromatic heterocycles. The number of fused-ring (bicyclic) bond motifs is 1. The number of rotatable bonds is 5. The molecule has 0 unspecified atom stereocenters. The molecule has 5 rings (SSSR count). The first kappa shape index (κ1) is 20.1. The fourth-order valence-corrected chi connectivity index (χ4v) is 4.01. The number of carbonyl (C=O) groups is 1. The van der Waals surface area contributed by atoms with Gasteiger partial charge in [-0.05, 0) is 52.2 Å². The summed E-state index contributed by atoms with van der Waals surface area (Å²) in [6.45, 7) is 2.77. The molecule has 0 aliphatic rings. The summed E-state index contributed by atoms with van der Waals surface area (Å²) < 4.78 is 4.33. The van der Waals surface area contributed by atoms with E-state index in [1.54, 1.807) is 16.8 Å². The minimum absolute atomic E-state index is 0.281. The number of aromatic nitrogens is 5. The Morgan fingerprint density at radius 1 is 1.00 bits per heavy atom. The first-order chi connectivity index (χ1) is 15.6. The Balaban J connectivity index is 1.41. The van der Waals surface area contributed by atoms with Gasteiger partial charge in [-0.3, -0.25) is 9.48 Å². The Bertz CT molecular complexity index is 1410. The third-order valence-corrected chi connectivity index (χ3v) is 5.70. The molecule has 32 heavy (non-hydrogen) atoms. The molecular formula is C24H19BrN6O. The molecule has 0 bridgehead atoms. The Morgan fingerprint density at radius 3 is 2.47 bits per heavy atom. The van der Waals surface area contributed by atoms with E-state index >= 15 is 0 Å². The summed E-state index contributed by atoms with van der Waals surface area (Å²) in [6, 6.07) is 21.3. The van der Waals surface area contributed by atoms with Gasteiger partial charge in [-0.1, -0.05) is 42.5 Å². The number of hydrogen-bond acceptors (Lipinski definition) is 4. The summed E-state index contributed by atoms with van der Waals surface area (Å²) in [6.07, 6.45) is 3.60. The van der Waals surface area contributed by atoms with Crippen LogP contribution in [-0.2, 0) is 6.54 Å². The van der Waals surface area contributed by atoms with E-state index in [0.29, 0.717) is 11.3 Å². The van der Waals surface area contributed by atoms with Crippen molar-refractivity contribution in [3.63, 3.8) is 0 Å². The van der Waals surface area contributed by atoms with Crippen LogP contribution >= 0.6 is 15.9 Å². The second-order valence-electron chi connectivity index (χ2n) is 7.21. The molecule has 0 saturated carbocycles. The maximum Gasteiger partial charge on any atom is 0.276 e. The Labute approximate surface area is 192 Å². The van der Waals surface area contributed by atoms with E-state index in [4.69, 9.17) is 0 Å². The lowest BCUT2D eigenvalue weighted by Gasteiger charge is -2.05. The summed E-state index contributed by atoms with van der Waals surface area (Å²) in [5.74, 6) is -0.299. The number of halogens is 1. The van der Waals surface area contributed by atoms with E-state index in [9.17, 15) is 4.79 Å². The molecule has 5 aromatic rings. The molecule has 7 nitrogen and oxygen atoms in total. The molecule has 0 atom stereocenters. The van der Waals surface area contributed by atoms with Crippen molar-refractivity contribution < 1.29 is 4.79 Å². The number of benzene rings is 2. The molecular weight excluding hydrogens is 468 g/mol. The van der Waals surface area contributed by atoms with Crippen LogP contribution in [0.5, 0.6) is 0 Å². The van der Waals surface area contributed by atoms with Crippen molar-refractivity contribution in [2.24, 2.45) is 0 Å². The van der Waals surface area contributed by atoms with E-state index in [-0.39, 0.29) is 11.6 Å². The lowest BCUT2D eigenvalue weighted by atomic mass is 10.1. The van der Waals surface area contributed by atoms with Gasteiger partial charge in [0.15, 0.2) is 11.3 Å². The fourth-order valence-electron chi connectivity index (χ4n) is 3.49. The smallest absolute Gasteiger partial charge is 0.276 e. The fraction of sp³-hybridized carbons (Fsp3) is 0.0833. The van der Waals surface area contributed by atoms with Gasteiger partial charge in [0.2, 0.25) is 0 Å². The zero-order valence-corrected chi connectivity index (χ0v) is 18.8. The molecule has 3 heterocycles. The number of carbonyl (C=O) groups excluding carboxylic acids is 1. The number of nitrogens with zero attached hydrogens (tertiary/aromatic N) is 5. The molecule has 2 aromatic carbocycles. The van der Waals surface area contributed by atoms with Crippen molar-refractivity contribution in [3.8, 4) is 22.5 Å². The highest BCUT2D eigenvalue weighted by Gasteiger charge is 2.17. The van der Waals surface area contributed by atoms with Crippen LogP contribution in [0.3, 0.4) is 0 Å². The minimum atomic E-state index is -0.299. The normalized spacial score (nSPS) is 11.1. The zero-order valence-electron chi connectivity index (χ0n) is 17.2. The van der Waals surface area contributed by atoms with Crippen molar-refractivity contribution in [1.29, 1.82) is 0 Å². The van der Waals surface area contributed by atoms with Gasteiger partial charge >= 0.3 is 0 Å². The third kappa shape index (κ3) is 3.80. The lowest BCUT2D eigenvalue weighted by molar-refractivity contribution is 0.102. The van der Waals surface area contributed by atoms with Crippen LogP contribution < -0.4 is 5.32 Å². The van der Waals surface area contributed by atoms with Gasteiger partial charge < -0.3 is 5.32 Å². The third-order valence-electron chi connectivity index (χ3n) is 5.12. The average Bonchev–Trinajstić information content (AvgIpc) is 3.43. The van der Waals surface area contributed by atoms with E-state index in [1.165, 1.54) is 0 Å². The Kier molecular flexibility index (Phi) is 5.28. The number of aryl methyl sites for hydroxylation is 1. The molecule has 0 saturated heterocycles. The van der Waals surface area contributed by atoms with Crippen molar-refractivity contribution in [3.05, 3.63) is 89.3 Å². The zero-order chi connectivity index (χ0) is 22.1. The van der Waals surface area contributed by atoms with Gasteiger partial charge in [0, 0.05) is 30.7 Å². The highest BCUT2D eigenvalue weighted by atomic mass is 79.9. The van der Waals surface area contributed by atoms with E-state index < -0.39 is 0 Å².